The Labute approximate surface area is 361 Å². The molecule has 0 heterocycles. The summed E-state index contributed by atoms with van der Waals surface area (Å²) in [5.74, 6) is 0.862. The SMILES string of the molecule is CCCCCCCC(=O)OC[C@H](COC(=O)CCCCCCCCCCCCCCCCCCCCC(C)CC)OC(=O)CCCCCCCCCCCCC(C)C. The van der Waals surface area contributed by atoms with Gasteiger partial charge < -0.3 is 14.2 Å². The molecule has 0 aromatic carbocycles. The van der Waals surface area contributed by atoms with Crippen LogP contribution in [-0.4, -0.2) is 37.2 Å². The minimum absolute atomic E-state index is 0.0649. The largest absolute Gasteiger partial charge is 0.462 e. The topological polar surface area (TPSA) is 78.9 Å². The lowest BCUT2D eigenvalue weighted by Crippen LogP contribution is -2.30. The molecule has 0 aromatic heterocycles. The highest BCUT2D eigenvalue weighted by molar-refractivity contribution is 5.71. The molecule has 0 aliphatic carbocycles. The number of esters is 3. The zero-order valence-corrected chi connectivity index (χ0v) is 39.7. The first-order chi connectivity index (χ1) is 28.3. The van der Waals surface area contributed by atoms with Crippen LogP contribution in [0.4, 0.5) is 0 Å². The highest BCUT2D eigenvalue weighted by atomic mass is 16.6. The molecule has 0 fully saturated rings. The normalized spacial score (nSPS) is 12.5. The fourth-order valence-electron chi connectivity index (χ4n) is 7.78. The molecule has 58 heavy (non-hydrogen) atoms. The Balaban J connectivity index is 4.05. The highest BCUT2D eigenvalue weighted by Gasteiger charge is 2.19. The maximum absolute atomic E-state index is 12.7. The molecule has 6 nitrogen and oxygen atoms in total. The third-order valence-electron chi connectivity index (χ3n) is 12.1. The minimum atomic E-state index is -0.759. The van der Waals surface area contributed by atoms with Crippen molar-refractivity contribution < 1.29 is 28.6 Å². The van der Waals surface area contributed by atoms with E-state index < -0.39 is 6.10 Å². The standard InChI is InChI=1S/C52H100O6/c1-6-8-9-30-37-42-50(53)56-45-49(58-52(55)44-39-34-29-25-21-20-22-26-31-35-40-47(3)4)46-57-51(54)43-38-33-28-24-19-17-15-13-11-10-12-14-16-18-23-27-32-36-41-48(5)7-2/h47-49H,6-46H2,1-5H3/t48?,49-/m1/s1. The molecule has 0 N–H and O–H groups in total. The van der Waals surface area contributed by atoms with Gasteiger partial charge in [-0.1, -0.05) is 247 Å². The summed E-state index contributed by atoms with van der Waals surface area (Å²) in [6.45, 7) is 11.3. The maximum atomic E-state index is 12.7. The van der Waals surface area contributed by atoms with Gasteiger partial charge in [-0.3, -0.25) is 14.4 Å². The maximum Gasteiger partial charge on any atom is 0.306 e. The van der Waals surface area contributed by atoms with Crippen LogP contribution in [0.3, 0.4) is 0 Å². The van der Waals surface area contributed by atoms with Crippen LogP contribution in [0.2, 0.25) is 0 Å². The predicted molar refractivity (Wildman–Crippen MR) is 247 cm³/mol. The van der Waals surface area contributed by atoms with Crippen LogP contribution >= 0.6 is 0 Å². The average Bonchev–Trinajstić information content (AvgIpc) is 3.21. The van der Waals surface area contributed by atoms with Gasteiger partial charge >= 0.3 is 17.9 Å². The lowest BCUT2D eigenvalue weighted by molar-refractivity contribution is -0.167. The Hall–Kier alpha value is -1.59. The van der Waals surface area contributed by atoms with Crippen LogP contribution in [-0.2, 0) is 28.6 Å². The molecule has 0 rings (SSSR count). The van der Waals surface area contributed by atoms with Crippen LogP contribution in [0.15, 0.2) is 0 Å². The van der Waals surface area contributed by atoms with Gasteiger partial charge in [-0.2, -0.15) is 0 Å². The first-order valence-electron chi connectivity index (χ1n) is 25.8. The van der Waals surface area contributed by atoms with Crippen molar-refractivity contribution in [3.05, 3.63) is 0 Å². The average molecular weight is 821 g/mol. The molecule has 0 aliphatic heterocycles. The van der Waals surface area contributed by atoms with Gasteiger partial charge in [0.15, 0.2) is 6.10 Å². The molecule has 0 radical (unpaired) electrons. The summed E-state index contributed by atoms with van der Waals surface area (Å²) >= 11 is 0. The summed E-state index contributed by atoms with van der Waals surface area (Å²) in [5, 5.41) is 0. The van der Waals surface area contributed by atoms with Gasteiger partial charge in [0.25, 0.3) is 0 Å². The smallest absolute Gasteiger partial charge is 0.306 e. The van der Waals surface area contributed by atoms with Gasteiger partial charge in [0.05, 0.1) is 0 Å². The molecule has 2 atom stereocenters. The van der Waals surface area contributed by atoms with Crippen LogP contribution in [0.1, 0.15) is 285 Å². The van der Waals surface area contributed by atoms with Crippen molar-refractivity contribution in [2.24, 2.45) is 11.8 Å². The highest BCUT2D eigenvalue weighted by Crippen LogP contribution is 2.18. The van der Waals surface area contributed by atoms with Gasteiger partial charge in [0, 0.05) is 19.3 Å². The zero-order chi connectivity index (χ0) is 42.6. The van der Waals surface area contributed by atoms with E-state index in [2.05, 4.69) is 34.6 Å². The zero-order valence-electron chi connectivity index (χ0n) is 39.7. The van der Waals surface area contributed by atoms with Crippen molar-refractivity contribution in [1.82, 2.24) is 0 Å². The van der Waals surface area contributed by atoms with Crippen molar-refractivity contribution >= 4 is 17.9 Å². The molecule has 0 bridgehead atoms. The van der Waals surface area contributed by atoms with Gasteiger partial charge in [0.2, 0.25) is 0 Å². The number of rotatable bonds is 46. The second-order valence-corrected chi connectivity index (χ2v) is 18.5. The third-order valence-corrected chi connectivity index (χ3v) is 12.1. The van der Waals surface area contributed by atoms with E-state index in [1.54, 1.807) is 0 Å². The van der Waals surface area contributed by atoms with E-state index in [-0.39, 0.29) is 31.1 Å². The summed E-state index contributed by atoms with van der Waals surface area (Å²) in [6, 6.07) is 0. The van der Waals surface area contributed by atoms with Crippen molar-refractivity contribution in [2.45, 2.75) is 291 Å². The summed E-state index contributed by atoms with van der Waals surface area (Å²) in [7, 11) is 0. The van der Waals surface area contributed by atoms with Crippen LogP contribution in [0, 0.1) is 11.8 Å². The number of carbonyl (C=O) groups excluding carboxylic acids is 3. The van der Waals surface area contributed by atoms with E-state index in [9.17, 15) is 14.4 Å². The van der Waals surface area contributed by atoms with E-state index in [4.69, 9.17) is 14.2 Å². The van der Waals surface area contributed by atoms with Gasteiger partial charge in [-0.25, -0.2) is 0 Å². The fourth-order valence-corrected chi connectivity index (χ4v) is 7.78. The van der Waals surface area contributed by atoms with Crippen LogP contribution in [0.5, 0.6) is 0 Å². The Bertz CT molecular complexity index is 887. The Morgan fingerprint density at radius 3 is 0.983 bits per heavy atom. The summed E-state index contributed by atoms with van der Waals surface area (Å²) < 4.78 is 16.7. The van der Waals surface area contributed by atoms with Gasteiger partial charge in [-0.15, -0.1) is 0 Å². The number of hydrogen-bond acceptors (Lipinski definition) is 6. The van der Waals surface area contributed by atoms with Crippen molar-refractivity contribution in [3.8, 4) is 0 Å². The van der Waals surface area contributed by atoms with E-state index in [1.807, 2.05) is 0 Å². The number of ether oxygens (including phenoxy) is 3. The lowest BCUT2D eigenvalue weighted by Gasteiger charge is -2.18. The summed E-state index contributed by atoms with van der Waals surface area (Å²) in [6.07, 6.45) is 45.5. The second kappa shape index (κ2) is 44.9. The number of unbranched alkanes of at least 4 members (excludes halogenated alkanes) is 30. The van der Waals surface area contributed by atoms with Crippen molar-refractivity contribution in [1.29, 1.82) is 0 Å². The van der Waals surface area contributed by atoms with E-state index in [1.165, 1.54) is 167 Å². The second-order valence-electron chi connectivity index (χ2n) is 18.5. The minimum Gasteiger partial charge on any atom is -0.462 e. The first-order valence-corrected chi connectivity index (χ1v) is 25.8. The quantitative estimate of drug-likeness (QED) is 0.0346. The van der Waals surface area contributed by atoms with Crippen molar-refractivity contribution in [3.63, 3.8) is 0 Å². The fraction of sp³-hybridized carbons (Fsp3) is 0.942. The van der Waals surface area contributed by atoms with E-state index >= 15 is 0 Å². The van der Waals surface area contributed by atoms with E-state index in [0.717, 1.165) is 76.0 Å². The molecule has 344 valence electrons. The molecule has 6 heteroatoms. The monoisotopic (exact) mass is 821 g/mol. The van der Waals surface area contributed by atoms with Crippen molar-refractivity contribution in [2.75, 3.05) is 13.2 Å². The molecule has 0 saturated carbocycles. The molecular formula is C52H100O6. The molecule has 0 aromatic rings. The Kier molecular flexibility index (Phi) is 43.7. The molecule has 0 amide bonds. The lowest BCUT2D eigenvalue weighted by atomic mass is 9.99. The number of hydrogen-bond donors (Lipinski definition) is 0. The van der Waals surface area contributed by atoms with E-state index in [0.29, 0.717) is 19.3 Å². The molecule has 0 aliphatic rings. The van der Waals surface area contributed by atoms with Crippen LogP contribution in [0.25, 0.3) is 0 Å². The molecule has 0 spiro atoms. The predicted octanol–water partition coefficient (Wildman–Crippen LogP) is 16.5. The number of carbonyl (C=O) groups is 3. The Morgan fingerprint density at radius 2 is 0.655 bits per heavy atom. The summed E-state index contributed by atoms with van der Waals surface area (Å²) in [4.78, 5) is 37.6. The van der Waals surface area contributed by atoms with Gasteiger partial charge in [0.1, 0.15) is 13.2 Å². The molecule has 1 unspecified atom stereocenters. The molecular weight excluding hydrogens is 721 g/mol. The van der Waals surface area contributed by atoms with Gasteiger partial charge in [-0.05, 0) is 31.1 Å². The Morgan fingerprint density at radius 1 is 0.362 bits per heavy atom. The first kappa shape index (κ1) is 56.4. The van der Waals surface area contributed by atoms with Crippen LogP contribution < -0.4 is 0 Å². The third kappa shape index (κ3) is 44.0. The molecule has 0 saturated heterocycles. The summed E-state index contributed by atoms with van der Waals surface area (Å²) in [5.41, 5.74) is 0.